The molecule has 0 saturated carbocycles. The van der Waals surface area contributed by atoms with Crippen LogP contribution in [0.5, 0.6) is 0 Å². The fraction of sp³-hybridized carbons (Fsp3) is 0.154. The average molecular weight is 356 g/mol. The number of hydrogen-bond acceptors (Lipinski definition) is 4. The maximum Gasteiger partial charge on any atom is 0.263 e. The summed E-state index contributed by atoms with van der Waals surface area (Å²) in [6, 6.07) is 10.2. The number of halogens is 1. The summed E-state index contributed by atoms with van der Waals surface area (Å²) in [5, 5.41) is 3.01. The minimum Gasteiger partial charge on any atom is -0.370 e. The zero-order chi connectivity index (χ0) is 14.6. The summed E-state index contributed by atoms with van der Waals surface area (Å²) in [6.07, 6.45) is 1.33. The Morgan fingerprint density at radius 1 is 1.20 bits per heavy atom. The zero-order valence-electron chi connectivity index (χ0n) is 10.8. The smallest absolute Gasteiger partial charge is 0.263 e. The SMILES string of the molecule is CCNc1ccc(S(=O)(=O)Nc2ccccc2Br)cn1. The number of nitrogens with one attached hydrogen (secondary N) is 2. The van der Waals surface area contributed by atoms with Crippen molar-refractivity contribution in [3.05, 3.63) is 47.1 Å². The van der Waals surface area contributed by atoms with Crippen LogP contribution in [0.3, 0.4) is 0 Å². The first-order valence-corrected chi connectivity index (χ1v) is 8.28. The van der Waals surface area contributed by atoms with E-state index in [9.17, 15) is 8.42 Å². The Hall–Kier alpha value is -1.60. The summed E-state index contributed by atoms with van der Waals surface area (Å²) >= 11 is 3.30. The number of nitrogens with zero attached hydrogens (tertiary/aromatic N) is 1. The summed E-state index contributed by atoms with van der Waals surface area (Å²) in [6.45, 7) is 2.68. The standard InChI is InChI=1S/C13H14BrN3O2S/c1-2-15-13-8-7-10(9-16-13)20(18,19)17-12-6-4-3-5-11(12)14/h3-9,17H,2H2,1H3,(H,15,16). The topological polar surface area (TPSA) is 71.1 Å². The van der Waals surface area contributed by atoms with E-state index in [2.05, 4.69) is 31.0 Å². The number of sulfonamides is 1. The predicted octanol–water partition coefficient (Wildman–Crippen LogP) is 3.08. The highest BCUT2D eigenvalue weighted by molar-refractivity contribution is 9.10. The second-order valence-electron chi connectivity index (χ2n) is 3.99. The number of benzene rings is 1. The lowest BCUT2D eigenvalue weighted by Crippen LogP contribution is -2.13. The summed E-state index contributed by atoms with van der Waals surface area (Å²) in [7, 11) is -3.64. The number of para-hydroxylation sites is 1. The quantitative estimate of drug-likeness (QED) is 0.864. The molecule has 5 nitrogen and oxygen atoms in total. The summed E-state index contributed by atoms with van der Waals surface area (Å²) in [4.78, 5) is 4.18. The lowest BCUT2D eigenvalue weighted by molar-refractivity contribution is 0.601. The highest BCUT2D eigenvalue weighted by atomic mass is 79.9. The molecule has 1 heterocycles. The second kappa shape index (κ2) is 6.23. The van der Waals surface area contributed by atoms with Crippen molar-refractivity contribution in [3.63, 3.8) is 0 Å². The Morgan fingerprint density at radius 3 is 2.55 bits per heavy atom. The molecule has 0 aliphatic heterocycles. The summed E-state index contributed by atoms with van der Waals surface area (Å²) < 4.78 is 27.7. The van der Waals surface area contributed by atoms with Gasteiger partial charge in [-0.05, 0) is 47.1 Å². The Morgan fingerprint density at radius 2 is 1.95 bits per heavy atom. The fourth-order valence-corrected chi connectivity index (χ4v) is 3.11. The van der Waals surface area contributed by atoms with Crippen molar-refractivity contribution in [3.8, 4) is 0 Å². The molecular weight excluding hydrogens is 342 g/mol. The van der Waals surface area contributed by atoms with Crippen LogP contribution in [0.25, 0.3) is 0 Å². The molecule has 106 valence electrons. The predicted molar refractivity (Wildman–Crippen MR) is 83.4 cm³/mol. The molecule has 0 unspecified atom stereocenters. The number of aromatic nitrogens is 1. The van der Waals surface area contributed by atoms with Gasteiger partial charge >= 0.3 is 0 Å². The van der Waals surface area contributed by atoms with Gasteiger partial charge < -0.3 is 5.32 Å². The van der Waals surface area contributed by atoms with Gasteiger partial charge in [0.05, 0.1) is 5.69 Å². The van der Waals surface area contributed by atoms with Crippen molar-refractivity contribution in [1.82, 2.24) is 4.98 Å². The minimum atomic E-state index is -3.64. The highest BCUT2D eigenvalue weighted by Gasteiger charge is 2.15. The number of pyridine rings is 1. The molecule has 0 radical (unpaired) electrons. The molecular formula is C13H14BrN3O2S. The first-order chi connectivity index (χ1) is 9.53. The van der Waals surface area contributed by atoms with Gasteiger partial charge in [-0.25, -0.2) is 13.4 Å². The Kier molecular flexibility index (Phi) is 4.61. The molecule has 2 N–H and O–H groups in total. The van der Waals surface area contributed by atoms with Crippen molar-refractivity contribution in [2.24, 2.45) is 0 Å². The van der Waals surface area contributed by atoms with E-state index in [4.69, 9.17) is 0 Å². The van der Waals surface area contributed by atoms with Crippen LogP contribution in [0.15, 0.2) is 52.0 Å². The van der Waals surface area contributed by atoms with Crippen LogP contribution >= 0.6 is 15.9 Å². The first-order valence-electron chi connectivity index (χ1n) is 6.00. The first kappa shape index (κ1) is 14.8. The van der Waals surface area contributed by atoms with Gasteiger partial charge in [0.15, 0.2) is 0 Å². The van der Waals surface area contributed by atoms with Gasteiger partial charge in [-0.3, -0.25) is 4.72 Å². The average Bonchev–Trinajstić information content (AvgIpc) is 2.42. The molecule has 7 heteroatoms. The fourth-order valence-electron chi connectivity index (χ4n) is 1.57. The van der Waals surface area contributed by atoms with Gasteiger partial charge in [0.2, 0.25) is 0 Å². The molecule has 0 aliphatic carbocycles. The number of rotatable bonds is 5. The van der Waals surface area contributed by atoms with Gasteiger partial charge in [-0.2, -0.15) is 0 Å². The van der Waals surface area contributed by atoms with Crippen LogP contribution in [-0.2, 0) is 10.0 Å². The molecule has 0 aliphatic rings. The second-order valence-corrected chi connectivity index (χ2v) is 6.53. The largest absolute Gasteiger partial charge is 0.370 e. The maximum atomic E-state index is 12.2. The third kappa shape index (κ3) is 3.49. The summed E-state index contributed by atoms with van der Waals surface area (Å²) in [5.74, 6) is 0.646. The molecule has 0 fully saturated rings. The van der Waals surface area contributed by atoms with E-state index in [1.165, 1.54) is 12.3 Å². The molecule has 1 aromatic carbocycles. The lowest BCUT2D eigenvalue weighted by atomic mass is 10.3. The molecule has 0 amide bonds. The molecule has 0 bridgehead atoms. The van der Waals surface area contributed by atoms with E-state index < -0.39 is 10.0 Å². The minimum absolute atomic E-state index is 0.120. The van der Waals surface area contributed by atoms with Gasteiger partial charge in [0, 0.05) is 17.2 Å². The van der Waals surface area contributed by atoms with Crippen LogP contribution in [-0.4, -0.2) is 19.9 Å². The van der Waals surface area contributed by atoms with Crippen LogP contribution in [0, 0.1) is 0 Å². The monoisotopic (exact) mass is 355 g/mol. The van der Waals surface area contributed by atoms with Crippen LogP contribution in [0.4, 0.5) is 11.5 Å². The number of anilines is 2. The van der Waals surface area contributed by atoms with Crippen molar-refractivity contribution in [1.29, 1.82) is 0 Å². The zero-order valence-corrected chi connectivity index (χ0v) is 13.2. The molecule has 1 aromatic heterocycles. The molecule has 0 spiro atoms. The Labute approximate surface area is 126 Å². The lowest BCUT2D eigenvalue weighted by Gasteiger charge is -2.10. The number of hydrogen-bond donors (Lipinski definition) is 2. The van der Waals surface area contributed by atoms with E-state index in [1.54, 1.807) is 24.3 Å². The van der Waals surface area contributed by atoms with Crippen molar-refractivity contribution < 1.29 is 8.42 Å². The van der Waals surface area contributed by atoms with Crippen LogP contribution in [0.2, 0.25) is 0 Å². The van der Waals surface area contributed by atoms with E-state index in [0.29, 0.717) is 16.0 Å². The molecule has 2 rings (SSSR count). The van der Waals surface area contributed by atoms with Gasteiger partial charge in [0.1, 0.15) is 10.7 Å². The highest BCUT2D eigenvalue weighted by Crippen LogP contribution is 2.24. The Balaban J connectivity index is 2.24. The molecule has 2 aromatic rings. The van der Waals surface area contributed by atoms with Crippen LogP contribution < -0.4 is 10.0 Å². The van der Waals surface area contributed by atoms with E-state index in [1.807, 2.05) is 13.0 Å². The van der Waals surface area contributed by atoms with Crippen molar-refractivity contribution >= 4 is 37.5 Å². The normalized spacial score (nSPS) is 11.1. The maximum absolute atomic E-state index is 12.2. The van der Waals surface area contributed by atoms with Crippen LogP contribution in [0.1, 0.15) is 6.92 Å². The van der Waals surface area contributed by atoms with E-state index >= 15 is 0 Å². The van der Waals surface area contributed by atoms with Gasteiger partial charge in [0.25, 0.3) is 10.0 Å². The van der Waals surface area contributed by atoms with Crippen molar-refractivity contribution in [2.45, 2.75) is 11.8 Å². The van der Waals surface area contributed by atoms with E-state index in [-0.39, 0.29) is 4.90 Å². The third-order valence-corrected chi connectivity index (χ3v) is 4.56. The van der Waals surface area contributed by atoms with Gasteiger partial charge in [-0.15, -0.1) is 0 Å². The van der Waals surface area contributed by atoms with Crippen molar-refractivity contribution in [2.75, 3.05) is 16.6 Å². The third-order valence-electron chi connectivity index (χ3n) is 2.52. The van der Waals surface area contributed by atoms with E-state index in [0.717, 1.165) is 6.54 Å². The molecule has 20 heavy (non-hydrogen) atoms. The summed E-state index contributed by atoms with van der Waals surface area (Å²) in [5.41, 5.74) is 0.489. The molecule has 0 saturated heterocycles. The van der Waals surface area contributed by atoms with Gasteiger partial charge in [-0.1, -0.05) is 12.1 Å². The molecule has 0 atom stereocenters. The Bertz CT molecular complexity index is 687.